The summed E-state index contributed by atoms with van der Waals surface area (Å²) in [5, 5.41) is 2.93. The van der Waals surface area contributed by atoms with Crippen molar-refractivity contribution in [2.75, 3.05) is 5.32 Å². The molecule has 3 nitrogen and oxygen atoms in total. The number of hydrogen-bond acceptors (Lipinski definition) is 2. The van der Waals surface area contributed by atoms with Gasteiger partial charge in [-0.15, -0.1) is 0 Å². The first-order valence-electron chi connectivity index (χ1n) is 6.89. The van der Waals surface area contributed by atoms with Crippen molar-refractivity contribution in [2.45, 2.75) is 47.1 Å². The molecule has 0 aliphatic heterocycles. The number of anilines is 1. The van der Waals surface area contributed by atoms with Crippen LogP contribution in [0, 0.1) is 11.3 Å². The third-order valence-corrected chi connectivity index (χ3v) is 2.97. The monoisotopic (exact) mass is 262 g/mol. The van der Waals surface area contributed by atoms with Gasteiger partial charge in [0, 0.05) is 18.7 Å². The topological polar surface area (TPSA) is 55.1 Å². The van der Waals surface area contributed by atoms with Gasteiger partial charge in [0.15, 0.2) is 0 Å². The van der Waals surface area contributed by atoms with Gasteiger partial charge in [-0.2, -0.15) is 0 Å². The van der Waals surface area contributed by atoms with E-state index in [-0.39, 0.29) is 11.3 Å². The van der Waals surface area contributed by atoms with Gasteiger partial charge in [-0.3, -0.25) is 4.79 Å². The van der Waals surface area contributed by atoms with Gasteiger partial charge in [0.2, 0.25) is 5.91 Å². The third-order valence-electron chi connectivity index (χ3n) is 2.97. The Hall–Kier alpha value is -1.35. The maximum absolute atomic E-state index is 11.9. The van der Waals surface area contributed by atoms with Crippen molar-refractivity contribution >= 4 is 11.6 Å². The van der Waals surface area contributed by atoms with Crippen LogP contribution in [0.5, 0.6) is 0 Å². The largest absolute Gasteiger partial charge is 0.326 e. The lowest BCUT2D eigenvalue weighted by molar-refractivity contribution is -0.117. The summed E-state index contributed by atoms with van der Waals surface area (Å²) in [4.78, 5) is 11.9. The Labute approximate surface area is 116 Å². The van der Waals surface area contributed by atoms with Gasteiger partial charge in [0.05, 0.1) is 0 Å². The molecule has 0 aliphatic carbocycles. The summed E-state index contributed by atoms with van der Waals surface area (Å²) in [6.45, 7) is 9.26. The first-order valence-corrected chi connectivity index (χ1v) is 6.89. The first-order chi connectivity index (χ1) is 8.80. The molecule has 0 aliphatic rings. The molecule has 0 aromatic heterocycles. The van der Waals surface area contributed by atoms with E-state index < -0.39 is 0 Å². The highest BCUT2D eigenvalue weighted by molar-refractivity contribution is 5.90. The number of nitrogens with one attached hydrogen (secondary N) is 1. The quantitative estimate of drug-likeness (QED) is 0.852. The van der Waals surface area contributed by atoms with Crippen LogP contribution in [0.2, 0.25) is 0 Å². The Morgan fingerprint density at radius 3 is 2.32 bits per heavy atom. The zero-order valence-corrected chi connectivity index (χ0v) is 12.5. The second-order valence-corrected chi connectivity index (χ2v) is 6.52. The van der Waals surface area contributed by atoms with Gasteiger partial charge in [0.1, 0.15) is 0 Å². The zero-order chi connectivity index (χ0) is 14.5. The maximum atomic E-state index is 11.9. The number of hydrogen-bond donors (Lipinski definition) is 2. The minimum Gasteiger partial charge on any atom is -0.326 e. The minimum atomic E-state index is 0.0808. The van der Waals surface area contributed by atoms with Crippen LogP contribution in [0.3, 0.4) is 0 Å². The second-order valence-electron chi connectivity index (χ2n) is 6.52. The van der Waals surface area contributed by atoms with Crippen LogP contribution in [-0.4, -0.2) is 5.91 Å². The number of carbonyl (C=O) groups is 1. The molecule has 1 aromatic rings. The number of nitrogens with two attached hydrogens (primary N) is 1. The average molecular weight is 262 g/mol. The lowest BCUT2D eigenvalue weighted by atomic mass is 9.84. The highest BCUT2D eigenvalue weighted by Crippen LogP contribution is 2.26. The number of rotatable bonds is 5. The molecule has 1 unspecified atom stereocenters. The van der Waals surface area contributed by atoms with Crippen molar-refractivity contribution < 1.29 is 4.79 Å². The highest BCUT2D eigenvalue weighted by Gasteiger charge is 2.17. The van der Waals surface area contributed by atoms with Crippen LogP contribution in [0.1, 0.15) is 46.1 Å². The molecule has 0 bridgehead atoms. The van der Waals surface area contributed by atoms with E-state index in [9.17, 15) is 4.79 Å². The van der Waals surface area contributed by atoms with E-state index in [4.69, 9.17) is 5.73 Å². The second kappa shape index (κ2) is 6.71. The van der Waals surface area contributed by atoms with Crippen LogP contribution in [0.15, 0.2) is 24.3 Å². The first kappa shape index (κ1) is 15.7. The van der Waals surface area contributed by atoms with Gasteiger partial charge >= 0.3 is 0 Å². The zero-order valence-electron chi connectivity index (χ0n) is 12.5. The van der Waals surface area contributed by atoms with Crippen molar-refractivity contribution in [2.24, 2.45) is 17.1 Å². The van der Waals surface area contributed by atoms with Crippen molar-refractivity contribution in [1.29, 1.82) is 0 Å². The van der Waals surface area contributed by atoms with E-state index >= 15 is 0 Å². The molecule has 3 N–H and O–H groups in total. The molecule has 19 heavy (non-hydrogen) atoms. The maximum Gasteiger partial charge on any atom is 0.224 e. The van der Waals surface area contributed by atoms with E-state index in [0.717, 1.165) is 17.7 Å². The molecular formula is C16H26N2O. The summed E-state index contributed by atoms with van der Waals surface area (Å²) in [5.41, 5.74) is 7.71. The summed E-state index contributed by atoms with van der Waals surface area (Å²) in [7, 11) is 0. The molecule has 0 saturated carbocycles. The Morgan fingerprint density at radius 1 is 1.26 bits per heavy atom. The van der Waals surface area contributed by atoms with Crippen molar-refractivity contribution in [3.05, 3.63) is 29.8 Å². The number of amides is 1. The Kier molecular flexibility index (Phi) is 5.55. The summed E-state index contributed by atoms with van der Waals surface area (Å²) >= 11 is 0. The third kappa shape index (κ3) is 6.39. The van der Waals surface area contributed by atoms with Gasteiger partial charge < -0.3 is 11.1 Å². The summed E-state index contributed by atoms with van der Waals surface area (Å²) in [6.07, 6.45) is 1.61. The van der Waals surface area contributed by atoms with Crippen molar-refractivity contribution in [3.8, 4) is 0 Å². The Bertz CT molecular complexity index is 404. The molecule has 0 spiro atoms. The van der Waals surface area contributed by atoms with Crippen molar-refractivity contribution in [1.82, 2.24) is 0 Å². The predicted molar refractivity (Wildman–Crippen MR) is 80.8 cm³/mol. The molecular weight excluding hydrogens is 236 g/mol. The molecule has 1 aromatic carbocycles. The van der Waals surface area contributed by atoms with E-state index in [1.165, 1.54) is 0 Å². The average Bonchev–Trinajstić information content (AvgIpc) is 2.27. The lowest BCUT2D eigenvalue weighted by Crippen LogP contribution is -2.18. The normalized spacial score (nSPS) is 13.1. The molecule has 0 radical (unpaired) electrons. The SMILES string of the molecule is CC(CC(=O)Nc1ccc(CN)cc1)CC(C)(C)C. The number of carbonyl (C=O) groups excluding carboxylic acids is 1. The lowest BCUT2D eigenvalue weighted by Gasteiger charge is -2.22. The van der Waals surface area contributed by atoms with E-state index in [2.05, 4.69) is 33.0 Å². The van der Waals surface area contributed by atoms with Gasteiger partial charge in [0.25, 0.3) is 0 Å². The molecule has 106 valence electrons. The van der Waals surface area contributed by atoms with Crippen LogP contribution >= 0.6 is 0 Å². The van der Waals surface area contributed by atoms with E-state index in [1.54, 1.807) is 0 Å². The van der Waals surface area contributed by atoms with Crippen LogP contribution in [-0.2, 0) is 11.3 Å². The molecule has 0 fully saturated rings. The molecule has 3 heteroatoms. The minimum absolute atomic E-state index is 0.0808. The summed E-state index contributed by atoms with van der Waals surface area (Å²) in [5.74, 6) is 0.473. The summed E-state index contributed by atoms with van der Waals surface area (Å²) < 4.78 is 0. The van der Waals surface area contributed by atoms with Crippen LogP contribution in [0.4, 0.5) is 5.69 Å². The van der Waals surface area contributed by atoms with Gasteiger partial charge in [-0.05, 0) is 35.4 Å². The molecule has 1 atom stereocenters. The van der Waals surface area contributed by atoms with E-state index in [0.29, 0.717) is 18.9 Å². The Balaban J connectivity index is 2.46. The fraction of sp³-hybridized carbons (Fsp3) is 0.562. The van der Waals surface area contributed by atoms with Crippen LogP contribution < -0.4 is 11.1 Å². The molecule has 1 amide bonds. The molecule has 1 rings (SSSR count). The van der Waals surface area contributed by atoms with Gasteiger partial charge in [-0.25, -0.2) is 0 Å². The highest BCUT2D eigenvalue weighted by atomic mass is 16.1. The Morgan fingerprint density at radius 2 is 1.84 bits per heavy atom. The number of benzene rings is 1. The van der Waals surface area contributed by atoms with Crippen molar-refractivity contribution in [3.63, 3.8) is 0 Å². The fourth-order valence-corrected chi connectivity index (χ4v) is 2.37. The smallest absolute Gasteiger partial charge is 0.224 e. The van der Waals surface area contributed by atoms with Gasteiger partial charge in [-0.1, -0.05) is 39.8 Å². The predicted octanol–water partition coefficient (Wildman–Crippen LogP) is 3.55. The fourth-order valence-electron chi connectivity index (χ4n) is 2.37. The van der Waals surface area contributed by atoms with E-state index in [1.807, 2.05) is 24.3 Å². The van der Waals surface area contributed by atoms with Crippen LogP contribution in [0.25, 0.3) is 0 Å². The molecule has 0 heterocycles. The standard InChI is InChI=1S/C16H26N2O/c1-12(10-16(2,3)4)9-15(19)18-14-7-5-13(11-17)6-8-14/h5-8,12H,9-11,17H2,1-4H3,(H,18,19). The molecule has 0 saturated heterocycles. The summed E-state index contributed by atoms with van der Waals surface area (Å²) in [6, 6.07) is 7.67.